The van der Waals surface area contributed by atoms with Gasteiger partial charge in [0.15, 0.2) is 5.78 Å². The Balaban J connectivity index is 4.47. The lowest BCUT2D eigenvalue weighted by molar-refractivity contribution is -0.122. The number of ketones is 1. The molecule has 0 aromatic rings. The van der Waals surface area contributed by atoms with E-state index >= 15 is 0 Å². The number of hydrogen-bond acceptors (Lipinski definition) is 2. The van der Waals surface area contributed by atoms with Gasteiger partial charge in [-0.3, -0.25) is 4.79 Å². The van der Waals surface area contributed by atoms with E-state index in [0.717, 1.165) is 0 Å². The molecule has 0 spiro atoms. The lowest BCUT2D eigenvalue weighted by Gasteiger charge is -1.89. The van der Waals surface area contributed by atoms with Crippen LogP contribution < -0.4 is 0 Å². The molecule has 42 valence electrons. The Morgan fingerprint density at radius 3 is 3.57 bits per heavy atom. The molecule has 0 aliphatic rings. The normalized spacial score (nSPS) is 31.4. The third kappa shape index (κ3) is 3.46. The molecular formula is C5H10O2. The highest BCUT2D eigenvalue weighted by Gasteiger charge is 1.91. The van der Waals surface area contributed by atoms with Crippen LogP contribution in [0.25, 0.3) is 0 Å². The molecular weight excluding hydrogens is 92.1 g/mol. The molecule has 7 heavy (non-hydrogen) atoms. The van der Waals surface area contributed by atoms with Crippen LogP contribution in [-0.4, -0.2) is 19.4 Å². The molecule has 2 nitrogen and oxygen atoms in total. The Labute approximate surface area is 54.7 Å². The molecule has 0 radical (unpaired) electrons. The minimum Gasteiger partial charge on any atom is -0.377 e. The first-order valence-electron chi connectivity index (χ1n) is 5.55. The zero-order chi connectivity index (χ0) is 12.5. The lowest BCUT2D eigenvalue weighted by atomic mass is 10.3. The number of carbonyl (C=O) groups is 1. The second-order valence-electron chi connectivity index (χ2n) is 0.837. The van der Waals surface area contributed by atoms with Crippen LogP contribution >= 0.6 is 0 Å². The van der Waals surface area contributed by atoms with Crippen molar-refractivity contribution in [2.75, 3.05) is 13.6 Å². The lowest BCUT2D eigenvalue weighted by Crippen LogP contribution is -2.03. The van der Waals surface area contributed by atoms with Gasteiger partial charge in [-0.1, -0.05) is 6.85 Å². The molecule has 0 unspecified atom stereocenters. The molecule has 0 bridgehead atoms. The summed E-state index contributed by atoms with van der Waals surface area (Å²) in [6.45, 7) is -4.23. The van der Waals surface area contributed by atoms with Crippen molar-refractivity contribution in [1.82, 2.24) is 0 Å². The molecule has 0 saturated heterocycles. The van der Waals surface area contributed by atoms with Crippen molar-refractivity contribution in [3.8, 4) is 0 Å². The SMILES string of the molecule is [2H]C([2H])([2H])OCC(=O)C([2H])([2H])C([2H])([2H])[2H]. The minimum atomic E-state index is -3.14. The van der Waals surface area contributed by atoms with Crippen LogP contribution in [0.4, 0.5) is 0 Å². The van der Waals surface area contributed by atoms with Gasteiger partial charge in [-0.15, -0.1) is 0 Å². The fourth-order valence-electron chi connectivity index (χ4n) is 0.102. The van der Waals surface area contributed by atoms with Gasteiger partial charge in [0.1, 0.15) is 6.61 Å². The van der Waals surface area contributed by atoms with Gasteiger partial charge < -0.3 is 4.74 Å². The fraction of sp³-hybridized carbons (Fsp3) is 0.800. The Hall–Kier alpha value is -0.370. The number of hydrogen-bond donors (Lipinski definition) is 0. The maximum absolute atomic E-state index is 11.0. The van der Waals surface area contributed by atoms with Gasteiger partial charge in [0, 0.05) is 20.3 Å². The van der Waals surface area contributed by atoms with Crippen molar-refractivity contribution < 1.29 is 20.5 Å². The molecule has 0 atom stereocenters. The van der Waals surface area contributed by atoms with E-state index in [4.69, 9.17) is 11.0 Å². The Bertz CT molecular complexity index is 238. The fourth-order valence-corrected chi connectivity index (χ4v) is 0.102. The zero-order valence-corrected chi connectivity index (χ0v) is 3.52. The van der Waals surface area contributed by atoms with Gasteiger partial charge in [-0.25, -0.2) is 0 Å². The second kappa shape index (κ2) is 3.81. The van der Waals surface area contributed by atoms with E-state index in [1.54, 1.807) is 0 Å². The van der Waals surface area contributed by atoms with E-state index in [1.807, 2.05) is 0 Å². The Kier molecular flexibility index (Phi) is 0.615. The highest BCUT2D eigenvalue weighted by atomic mass is 16.5. The van der Waals surface area contributed by atoms with E-state index in [2.05, 4.69) is 4.74 Å². The molecule has 0 saturated carbocycles. The highest BCUT2D eigenvalue weighted by Crippen LogP contribution is 1.78. The number of methoxy groups -OCH3 is 1. The average molecular weight is 110 g/mol. The standard InChI is InChI=1S/C5H10O2/c1-3-5(6)4-7-2/h3-4H2,1-2H3/i1D3,2D3,3D2. The largest absolute Gasteiger partial charge is 0.377 e. The van der Waals surface area contributed by atoms with Gasteiger partial charge >= 0.3 is 0 Å². The van der Waals surface area contributed by atoms with E-state index in [1.165, 1.54) is 0 Å². The predicted octanol–water partition coefficient (Wildman–Crippen LogP) is 0.612. The summed E-state index contributed by atoms with van der Waals surface area (Å²) in [5.41, 5.74) is 0. The summed E-state index contributed by atoms with van der Waals surface area (Å²) in [6.07, 6.45) is -3.10. The minimum absolute atomic E-state index is 1.10. The van der Waals surface area contributed by atoms with E-state index < -0.39 is 32.7 Å². The summed E-state index contributed by atoms with van der Waals surface area (Å²) in [7, 11) is -2.85. The van der Waals surface area contributed by atoms with Crippen molar-refractivity contribution in [3.63, 3.8) is 0 Å². The number of Topliss-reactive ketones (excluding diaryl/α,β-unsaturated/α-hetero) is 1. The third-order valence-corrected chi connectivity index (χ3v) is 0.343. The third-order valence-electron chi connectivity index (χ3n) is 0.343. The predicted molar refractivity (Wildman–Crippen MR) is 27.2 cm³/mol. The second-order valence-corrected chi connectivity index (χ2v) is 0.837. The molecule has 0 fully saturated rings. The number of rotatable bonds is 3. The quantitative estimate of drug-likeness (QED) is 0.532. The Morgan fingerprint density at radius 1 is 2.14 bits per heavy atom. The van der Waals surface area contributed by atoms with Crippen LogP contribution in [0.2, 0.25) is 0 Å². The van der Waals surface area contributed by atoms with E-state index in [0.29, 0.717) is 0 Å². The van der Waals surface area contributed by atoms with Crippen LogP contribution in [-0.2, 0) is 9.53 Å². The van der Waals surface area contributed by atoms with E-state index in [9.17, 15) is 4.79 Å². The molecule has 0 aromatic heterocycles. The first-order valence-corrected chi connectivity index (χ1v) is 1.55. The molecule has 0 aliphatic heterocycles. The van der Waals surface area contributed by atoms with E-state index in [-0.39, 0.29) is 0 Å². The molecule has 2 heteroatoms. The van der Waals surface area contributed by atoms with Gasteiger partial charge in [-0.05, 0) is 0 Å². The summed E-state index contributed by atoms with van der Waals surface area (Å²) in [6, 6.07) is 0. The van der Waals surface area contributed by atoms with Gasteiger partial charge in [0.2, 0.25) is 0 Å². The summed E-state index contributed by atoms with van der Waals surface area (Å²) >= 11 is 0. The summed E-state index contributed by atoms with van der Waals surface area (Å²) < 4.78 is 58.0. The van der Waals surface area contributed by atoms with Crippen LogP contribution in [0.5, 0.6) is 0 Å². The molecule has 0 amide bonds. The van der Waals surface area contributed by atoms with Crippen LogP contribution in [0, 0.1) is 0 Å². The molecule has 0 rings (SSSR count). The molecule has 0 aliphatic carbocycles. The topological polar surface area (TPSA) is 26.3 Å². The van der Waals surface area contributed by atoms with Crippen molar-refractivity contribution in [2.24, 2.45) is 0 Å². The van der Waals surface area contributed by atoms with Crippen molar-refractivity contribution in [3.05, 3.63) is 0 Å². The first-order chi connectivity index (χ1) is 6.38. The van der Waals surface area contributed by atoms with Gasteiger partial charge in [0.25, 0.3) is 0 Å². The molecule has 0 aromatic carbocycles. The van der Waals surface area contributed by atoms with Gasteiger partial charge in [-0.2, -0.15) is 0 Å². The maximum atomic E-state index is 11.0. The van der Waals surface area contributed by atoms with Crippen LogP contribution in [0.15, 0.2) is 0 Å². The summed E-state index contributed by atoms with van der Waals surface area (Å²) in [4.78, 5) is 11.0. The average Bonchev–Trinajstić information content (AvgIpc) is 1.96. The van der Waals surface area contributed by atoms with Crippen LogP contribution in [0.3, 0.4) is 0 Å². The molecule has 0 N–H and O–H groups in total. The number of ether oxygens (including phenoxy) is 1. The summed E-state index contributed by atoms with van der Waals surface area (Å²) in [5, 5.41) is 0. The first kappa shape index (κ1) is 1.13. The molecule has 0 heterocycles. The highest BCUT2D eigenvalue weighted by molar-refractivity contribution is 5.79. The van der Waals surface area contributed by atoms with Crippen molar-refractivity contribution in [1.29, 1.82) is 0 Å². The maximum Gasteiger partial charge on any atom is 0.158 e. The smallest absolute Gasteiger partial charge is 0.158 e. The number of carbonyl (C=O) groups excluding carboxylic acids is 1. The zero-order valence-electron chi connectivity index (χ0n) is 11.5. The van der Waals surface area contributed by atoms with Gasteiger partial charge in [0.05, 0.1) is 4.11 Å². The van der Waals surface area contributed by atoms with Crippen molar-refractivity contribution in [2.45, 2.75) is 13.2 Å². The Morgan fingerprint density at radius 2 is 3.00 bits per heavy atom. The van der Waals surface area contributed by atoms with Crippen molar-refractivity contribution >= 4 is 5.78 Å². The monoisotopic (exact) mass is 110 g/mol. The summed E-state index contributed by atoms with van der Waals surface area (Å²) in [5.74, 6) is -1.42. The van der Waals surface area contributed by atoms with Crippen LogP contribution in [0.1, 0.15) is 24.2 Å².